The van der Waals surface area contributed by atoms with Crippen LogP contribution in [0.25, 0.3) is 6.08 Å². The Morgan fingerprint density at radius 2 is 1.89 bits per heavy atom. The molecule has 0 radical (unpaired) electrons. The Morgan fingerprint density at radius 1 is 1.15 bits per heavy atom. The lowest BCUT2D eigenvalue weighted by atomic mass is 10.1. The van der Waals surface area contributed by atoms with E-state index in [0.29, 0.717) is 17.0 Å². The van der Waals surface area contributed by atoms with Gasteiger partial charge >= 0.3 is 6.03 Å². The van der Waals surface area contributed by atoms with Crippen molar-refractivity contribution in [3.05, 3.63) is 65.2 Å². The third-order valence-corrected chi connectivity index (χ3v) is 3.87. The van der Waals surface area contributed by atoms with Gasteiger partial charge in [0, 0.05) is 0 Å². The van der Waals surface area contributed by atoms with Crippen LogP contribution in [-0.2, 0) is 9.59 Å². The minimum Gasteiger partial charge on any atom is -0.481 e. The number of urea groups is 1. The predicted molar refractivity (Wildman–Crippen MR) is 101 cm³/mol. The summed E-state index contributed by atoms with van der Waals surface area (Å²) in [5.41, 5.74) is 1.76. The topological polar surface area (TPSA) is 75.7 Å². The maximum absolute atomic E-state index is 12.8. The van der Waals surface area contributed by atoms with E-state index in [9.17, 15) is 14.4 Å². The number of imide groups is 2. The molecule has 0 aliphatic carbocycles. The van der Waals surface area contributed by atoms with E-state index in [1.54, 1.807) is 42.5 Å². The number of ether oxygens (including phenoxy) is 1. The Hall–Kier alpha value is -3.85. The molecule has 134 valence electrons. The van der Waals surface area contributed by atoms with Gasteiger partial charge in [-0.1, -0.05) is 30.2 Å². The van der Waals surface area contributed by atoms with Crippen LogP contribution in [0, 0.1) is 19.3 Å². The van der Waals surface area contributed by atoms with Crippen molar-refractivity contribution in [2.24, 2.45) is 0 Å². The lowest BCUT2D eigenvalue weighted by molar-refractivity contribution is -0.122. The molecule has 0 aromatic heterocycles. The van der Waals surface area contributed by atoms with Crippen molar-refractivity contribution in [2.45, 2.75) is 6.92 Å². The second-order valence-electron chi connectivity index (χ2n) is 5.86. The maximum atomic E-state index is 12.8. The summed E-state index contributed by atoms with van der Waals surface area (Å²) in [4.78, 5) is 38.1. The number of terminal acetylenes is 1. The van der Waals surface area contributed by atoms with Crippen molar-refractivity contribution >= 4 is 29.6 Å². The number of carbonyl (C=O) groups is 3. The molecule has 2 aromatic carbocycles. The van der Waals surface area contributed by atoms with E-state index >= 15 is 0 Å². The molecule has 0 bridgehead atoms. The molecule has 6 nitrogen and oxygen atoms in total. The fraction of sp³-hybridized carbons (Fsp3) is 0.0952. The van der Waals surface area contributed by atoms with E-state index in [0.717, 1.165) is 10.5 Å². The number of amides is 4. The van der Waals surface area contributed by atoms with Crippen LogP contribution in [0.5, 0.6) is 5.75 Å². The summed E-state index contributed by atoms with van der Waals surface area (Å²) < 4.78 is 5.29. The number of hydrogen-bond acceptors (Lipinski definition) is 4. The molecule has 6 heteroatoms. The van der Waals surface area contributed by atoms with Crippen LogP contribution in [0.1, 0.15) is 11.1 Å². The van der Waals surface area contributed by atoms with E-state index < -0.39 is 17.8 Å². The molecule has 1 N–H and O–H groups in total. The van der Waals surface area contributed by atoms with Crippen molar-refractivity contribution in [2.75, 3.05) is 11.5 Å². The first-order valence-electron chi connectivity index (χ1n) is 8.14. The summed E-state index contributed by atoms with van der Waals surface area (Å²) in [6, 6.07) is 12.9. The Kier molecular flexibility index (Phi) is 5.04. The highest BCUT2D eigenvalue weighted by Gasteiger charge is 2.36. The van der Waals surface area contributed by atoms with Gasteiger partial charge in [-0.3, -0.25) is 14.9 Å². The van der Waals surface area contributed by atoms with Gasteiger partial charge in [0.1, 0.15) is 17.9 Å². The van der Waals surface area contributed by atoms with Gasteiger partial charge in [0.05, 0.1) is 5.69 Å². The second-order valence-corrected chi connectivity index (χ2v) is 5.86. The predicted octanol–water partition coefficient (Wildman–Crippen LogP) is 2.67. The van der Waals surface area contributed by atoms with Gasteiger partial charge in [0.15, 0.2) is 0 Å². The molecule has 1 aliphatic heterocycles. The molecule has 1 heterocycles. The summed E-state index contributed by atoms with van der Waals surface area (Å²) in [6.45, 7) is 2.00. The third kappa shape index (κ3) is 3.88. The molecule has 1 aliphatic rings. The smallest absolute Gasteiger partial charge is 0.335 e. The summed E-state index contributed by atoms with van der Waals surface area (Å²) in [5, 5.41) is 2.20. The minimum atomic E-state index is -0.772. The van der Waals surface area contributed by atoms with Gasteiger partial charge in [0.25, 0.3) is 11.8 Å². The number of benzene rings is 2. The summed E-state index contributed by atoms with van der Waals surface area (Å²) in [5.74, 6) is 1.53. The first-order valence-corrected chi connectivity index (χ1v) is 8.14. The number of nitrogens with zero attached hydrogens (tertiary/aromatic N) is 1. The third-order valence-electron chi connectivity index (χ3n) is 3.87. The highest BCUT2D eigenvalue weighted by Crippen LogP contribution is 2.23. The number of anilines is 1. The Labute approximate surface area is 156 Å². The Morgan fingerprint density at radius 3 is 2.56 bits per heavy atom. The van der Waals surface area contributed by atoms with Crippen LogP contribution in [0.3, 0.4) is 0 Å². The van der Waals surface area contributed by atoms with E-state index in [4.69, 9.17) is 11.2 Å². The van der Waals surface area contributed by atoms with Crippen LogP contribution in [-0.4, -0.2) is 24.5 Å². The van der Waals surface area contributed by atoms with Crippen LogP contribution < -0.4 is 15.0 Å². The summed E-state index contributed by atoms with van der Waals surface area (Å²) in [6.07, 6.45) is 6.57. The number of aryl methyl sites for hydroxylation is 1. The molecule has 3 rings (SSSR count). The van der Waals surface area contributed by atoms with Crippen molar-refractivity contribution in [1.29, 1.82) is 0 Å². The van der Waals surface area contributed by atoms with Crippen molar-refractivity contribution in [3.63, 3.8) is 0 Å². The SMILES string of the molecule is C#CCOc1ccc(/C=C2\C(=O)NC(=O)N(c3cccc(C)c3)C2=O)cc1. The van der Waals surface area contributed by atoms with Gasteiger partial charge in [-0.05, 0) is 48.4 Å². The zero-order chi connectivity index (χ0) is 19.4. The molecule has 1 fully saturated rings. The molecule has 0 spiro atoms. The van der Waals surface area contributed by atoms with E-state index in [1.165, 1.54) is 6.08 Å². The van der Waals surface area contributed by atoms with Gasteiger partial charge in [-0.25, -0.2) is 9.69 Å². The highest BCUT2D eigenvalue weighted by molar-refractivity contribution is 6.39. The van der Waals surface area contributed by atoms with Gasteiger partial charge < -0.3 is 4.74 Å². The molecule has 4 amide bonds. The Balaban J connectivity index is 1.91. The van der Waals surface area contributed by atoms with Crippen molar-refractivity contribution in [1.82, 2.24) is 5.32 Å². The fourth-order valence-corrected chi connectivity index (χ4v) is 2.61. The standard InChI is InChI=1S/C21H16N2O4/c1-3-11-27-17-9-7-15(8-10-17)13-18-19(24)22-21(26)23(20(18)25)16-6-4-5-14(2)12-16/h1,4-10,12-13H,11H2,2H3,(H,22,24,26)/b18-13+. The first-order chi connectivity index (χ1) is 13.0. The number of rotatable bonds is 4. The molecule has 27 heavy (non-hydrogen) atoms. The van der Waals surface area contributed by atoms with Crippen LogP contribution in [0.2, 0.25) is 0 Å². The lowest BCUT2D eigenvalue weighted by Gasteiger charge is -2.26. The fourth-order valence-electron chi connectivity index (χ4n) is 2.61. The number of hydrogen-bond donors (Lipinski definition) is 1. The monoisotopic (exact) mass is 360 g/mol. The van der Waals surface area contributed by atoms with Crippen molar-refractivity contribution in [3.8, 4) is 18.1 Å². The molecule has 0 saturated carbocycles. The lowest BCUT2D eigenvalue weighted by Crippen LogP contribution is -2.54. The zero-order valence-electron chi connectivity index (χ0n) is 14.6. The molecule has 0 atom stereocenters. The highest BCUT2D eigenvalue weighted by atomic mass is 16.5. The molecule has 2 aromatic rings. The average Bonchev–Trinajstić information content (AvgIpc) is 2.64. The summed E-state index contributed by atoms with van der Waals surface area (Å²) in [7, 11) is 0. The zero-order valence-corrected chi connectivity index (χ0v) is 14.6. The minimum absolute atomic E-state index is 0.131. The molecular formula is C21H16N2O4. The number of barbiturate groups is 1. The Bertz CT molecular complexity index is 984. The average molecular weight is 360 g/mol. The van der Waals surface area contributed by atoms with Gasteiger partial charge in [-0.2, -0.15) is 0 Å². The van der Waals surface area contributed by atoms with E-state index in [2.05, 4.69) is 11.2 Å². The van der Waals surface area contributed by atoms with Crippen molar-refractivity contribution < 1.29 is 19.1 Å². The quantitative estimate of drug-likeness (QED) is 0.517. The first kappa shape index (κ1) is 18.0. The van der Waals surface area contributed by atoms with Gasteiger partial charge in [0.2, 0.25) is 0 Å². The van der Waals surface area contributed by atoms with E-state index in [1.807, 2.05) is 13.0 Å². The van der Waals surface area contributed by atoms with Crippen LogP contribution in [0.4, 0.5) is 10.5 Å². The number of nitrogens with one attached hydrogen (secondary N) is 1. The molecular weight excluding hydrogens is 344 g/mol. The normalized spacial score (nSPS) is 15.5. The van der Waals surface area contributed by atoms with E-state index in [-0.39, 0.29) is 12.2 Å². The van der Waals surface area contributed by atoms with Crippen LogP contribution in [0.15, 0.2) is 54.1 Å². The summed E-state index contributed by atoms with van der Waals surface area (Å²) >= 11 is 0. The number of carbonyl (C=O) groups excluding carboxylic acids is 3. The molecule has 1 saturated heterocycles. The van der Waals surface area contributed by atoms with Crippen LogP contribution >= 0.6 is 0 Å². The largest absolute Gasteiger partial charge is 0.481 e. The van der Waals surface area contributed by atoms with Gasteiger partial charge in [-0.15, -0.1) is 6.42 Å². The molecule has 0 unspecified atom stereocenters. The second kappa shape index (κ2) is 7.58. The maximum Gasteiger partial charge on any atom is 0.335 e.